The number of benzene rings is 1. The van der Waals surface area contributed by atoms with Gasteiger partial charge in [-0.25, -0.2) is 9.18 Å². The number of amides is 3. The molecule has 0 bridgehead atoms. The van der Waals surface area contributed by atoms with Crippen LogP contribution in [0, 0.1) is 5.82 Å². The van der Waals surface area contributed by atoms with Crippen LogP contribution in [0.15, 0.2) is 16.6 Å². The Bertz CT molecular complexity index is 631. The Labute approximate surface area is 109 Å². The van der Waals surface area contributed by atoms with E-state index in [0.717, 1.165) is 6.07 Å². The molecule has 1 saturated heterocycles. The number of rotatable bonds is 0. The number of urea groups is 1. The van der Waals surface area contributed by atoms with Crippen molar-refractivity contribution in [3.8, 4) is 0 Å². The molecular formula is C11H6BrFN2O3. The number of hydrogen-bond donors (Lipinski definition) is 2. The van der Waals surface area contributed by atoms with Gasteiger partial charge < -0.3 is 5.32 Å². The van der Waals surface area contributed by atoms with E-state index in [2.05, 4.69) is 26.6 Å². The van der Waals surface area contributed by atoms with Crippen LogP contribution in [0.3, 0.4) is 0 Å². The van der Waals surface area contributed by atoms with E-state index >= 15 is 0 Å². The minimum Gasteiger partial charge on any atom is -0.319 e. The highest BCUT2D eigenvalue weighted by Gasteiger charge is 2.54. The van der Waals surface area contributed by atoms with Gasteiger partial charge in [0.1, 0.15) is 5.82 Å². The molecule has 0 saturated carbocycles. The summed E-state index contributed by atoms with van der Waals surface area (Å²) in [5.74, 6) is -1.51. The van der Waals surface area contributed by atoms with Crippen LogP contribution in [-0.2, 0) is 10.3 Å². The lowest BCUT2D eigenvalue weighted by molar-refractivity contribution is -0.124. The largest absolute Gasteiger partial charge is 0.322 e. The highest BCUT2D eigenvalue weighted by Crippen LogP contribution is 2.40. The van der Waals surface area contributed by atoms with Gasteiger partial charge in [0.2, 0.25) is 0 Å². The van der Waals surface area contributed by atoms with E-state index in [1.165, 1.54) is 6.07 Å². The van der Waals surface area contributed by atoms with Crippen molar-refractivity contribution in [1.29, 1.82) is 0 Å². The Kier molecular flexibility index (Phi) is 2.13. The van der Waals surface area contributed by atoms with Gasteiger partial charge in [-0.2, -0.15) is 0 Å². The maximum atomic E-state index is 13.6. The monoisotopic (exact) mass is 312 g/mol. The number of ketones is 1. The number of halogens is 2. The van der Waals surface area contributed by atoms with Crippen LogP contribution in [0.4, 0.5) is 9.18 Å². The van der Waals surface area contributed by atoms with Gasteiger partial charge in [0, 0.05) is 17.5 Å². The minimum absolute atomic E-state index is 0.149. The molecule has 0 aromatic heterocycles. The van der Waals surface area contributed by atoms with Crippen LogP contribution in [-0.4, -0.2) is 17.7 Å². The molecule has 18 heavy (non-hydrogen) atoms. The fraction of sp³-hybridized carbons (Fsp3) is 0.182. The molecule has 3 amide bonds. The summed E-state index contributed by atoms with van der Waals surface area (Å²) < 4.78 is 13.7. The fourth-order valence-electron chi connectivity index (χ4n) is 2.37. The van der Waals surface area contributed by atoms with Crippen LogP contribution in [0.25, 0.3) is 0 Å². The molecule has 1 fully saturated rings. The van der Waals surface area contributed by atoms with Gasteiger partial charge in [0.05, 0.1) is 4.47 Å². The summed E-state index contributed by atoms with van der Waals surface area (Å²) in [5, 5.41) is 4.48. The Morgan fingerprint density at radius 2 is 2.00 bits per heavy atom. The van der Waals surface area contributed by atoms with Gasteiger partial charge in [-0.1, -0.05) is 0 Å². The molecule has 1 aliphatic carbocycles. The Morgan fingerprint density at radius 1 is 1.28 bits per heavy atom. The second-order valence-electron chi connectivity index (χ2n) is 4.23. The molecular weight excluding hydrogens is 307 g/mol. The highest BCUT2D eigenvalue weighted by atomic mass is 79.9. The number of carbonyl (C=O) groups is 3. The molecule has 1 aliphatic heterocycles. The molecule has 1 aromatic carbocycles. The standard InChI is InChI=1S/C11H6BrFN2O3/c12-6-1-4-5(2-7(6)13)11(3-8(4)16)9(17)14-10(18)15-11/h1-2H,3H2,(H2,14,15,17,18)/t11-/m1/s1. The quantitative estimate of drug-likeness (QED) is 0.707. The number of fused-ring (bicyclic) bond motifs is 2. The molecule has 2 aliphatic rings. The summed E-state index contributed by atoms with van der Waals surface area (Å²) in [7, 11) is 0. The van der Waals surface area contributed by atoms with Gasteiger partial charge in [-0.3, -0.25) is 14.9 Å². The Balaban J connectivity index is 2.26. The first-order valence-corrected chi connectivity index (χ1v) is 5.90. The maximum absolute atomic E-state index is 13.6. The van der Waals surface area contributed by atoms with E-state index in [-0.39, 0.29) is 27.8 Å². The minimum atomic E-state index is -1.45. The van der Waals surface area contributed by atoms with Crippen molar-refractivity contribution < 1.29 is 18.8 Å². The van der Waals surface area contributed by atoms with Gasteiger partial charge in [0.15, 0.2) is 11.3 Å². The van der Waals surface area contributed by atoms with Crippen molar-refractivity contribution in [2.45, 2.75) is 12.0 Å². The van der Waals surface area contributed by atoms with Crippen molar-refractivity contribution in [1.82, 2.24) is 10.6 Å². The van der Waals surface area contributed by atoms with Gasteiger partial charge in [0.25, 0.3) is 5.91 Å². The molecule has 1 heterocycles. The van der Waals surface area contributed by atoms with Gasteiger partial charge in [-0.05, 0) is 28.1 Å². The summed E-state index contributed by atoms with van der Waals surface area (Å²) in [5.41, 5.74) is -0.998. The molecule has 2 N–H and O–H groups in total. The predicted octanol–water partition coefficient (Wildman–Crippen LogP) is 1.21. The summed E-state index contributed by atoms with van der Waals surface area (Å²) in [4.78, 5) is 34.9. The lowest BCUT2D eigenvalue weighted by atomic mass is 9.92. The fourth-order valence-corrected chi connectivity index (χ4v) is 2.71. The van der Waals surface area contributed by atoms with Crippen molar-refractivity contribution in [3.63, 3.8) is 0 Å². The molecule has 0 unspecified atom stereocenters. The molecule has 1 aromatic rings. The zero-order valence-corrected chi connectivity index (χ0v) is 10.4. The van der Waals surface area contributed by atoms with Gasteiger partial charge in [-0.15, -0.1) is 0 Å². The first-order valence-electron chi connectivity index (χ1n) is 5.10. The third kappa shape index (κ3) is 1.28. The zero-order valence-electron chi connectivity index (χ0n) is 8.84. The average molecular weight is 313 g/mol. The van der Waals surface area contributed by atoms with E-state index in [1.54, 1.807) is 0 Å². The zero-order chi connectivity index (χ0) is 13.1. The van der Waals surface area contributed by atoms with Crippen molar-refractivity contribution in [2.75, 3.05) is 0 Å². The third-order valence-corrected chi connectivity index (χ3v) is 3.80. The van der Waals surface area contributed by atoms with E-state index in [0.29, 0.717) is 0 Å². The predicted molar refractivity (Wildman–Crippen MR) is 61.4 cm³/mol. The molecule has 5 nitrogen and oxygen atoms in total. The molecule has 0 radical (unpaired) electrons. The topological polar surface area (TPSA) is 75.3 Å². The average Bonchev–Trinajstić information content (AvgIpc) is 2.70. The first kappa shape index (κ1) is 11.3. The summed E-state index contributed by atoms with van der Waals surface area (Å²) in [6.07, 6.45) is -0.185. The molecule has 1 atom stereocenters. The summed E-state index contributed by atoms with van der Waals surface area (Å²) in [6.45, 7) is 0. The van der Waals surface area contributed by atoms with Crippen molar-refractivity contribution in [2.24, 2.45) is 0 Å². The number of imide groups is 1. The lowest BCUT2D eigenvalue weighted by Gasteiger charge is -2.20. The van der Waals surface area contributed by atoms with E-state index in [9.17, 15) is 18.8 Å². The number of nitrogens with one attached hydrogen (secondary N) is 2. The van der Waals surface area contributed by atoms with Crippen LogP contribution in [0.1, 0.15) is 22.3 Å². The molecule has 3 rings (SSSR count). The van der Waals surface area contributed by atoms with E-state index in [4.69, 9.17) is 0 Å². The van der Waals surface area contributed by atoms with Crippen molar-refractivity contribution >= 4 is 33.7 Å². The highest BCUT2D eigenvalue weighted by molar-refractivity contribution is 9.10. The van der Waals surface area contributed by atoms with Gasteiger partial charge >= 0.3 is 6.03 Å². The van der Waals surface area contributed by atoms with Crippen LogP contribution < -0.4 is 10.6 Å². The first-order chi connectivity index (χ1) is 8.44. The lowest BCUT2D eigenvalue weighted by Crippen LogP contribution is -2.42. The summed E-state index contributed by atoms with van der Waals surface area (Å²) in [6, 6.07) is 1.76. The van der Waals surface area contributed by atoms with E-state index < -0.39 is 23.3 Å². The van der Waals surface area contributed by atoms with Crippen LogP contribution in [0.5, 0.6) is 0 Å². The van der Waals surface area contributed by atoms with E-state index in [1.807, 2.05) is 0 Å². The van der Waals surface area contributed by atoms with Crippen LogP contribution in [0.2, 0.25) is 0 Å². The Morgan fingerprint density at radius 3 is 2.61 bits per heavy atom. The SMILES string of the molecule is O=C1NC(=O)[C@]2(CC(=O)c3cc(Br)c(F)cc32)N1. The van der Waals surface area contributed by atoms with Crippen LogP contribution >= 0.6 is 15.9 Å². The molecule has 92 valence electrons. The summed E-state index contributed by atoms with van der Waals surface area (Å²) >= 11 is 2.99. The molecule has 7 heteroatoms. The third-order valence-electron chi connectivity index (χ3n) is 3.19. The maximum Gasteiger partial charge on any atom is 0.322 e. The second-order valence-corrected chi connectivity index (χ2v) is 5.08. The molecule has 1 spiro atoms. The normalized spacial score (nSPS) is 25.3. The smallest absolute Gasteiger partial charge is 0.319 e. The Hall–Kier alpha value is -1.76. The second kappa shape index (κ2) is 3.38. The number of hydrogen-bond acceptors (Lipinski definition) is 3. The number of carbonyl (C=O) groups excluding carboxylic acids is 3. The number of Topliss-reactive ketones (excluding diaryl/α,β-unsaturated/α-hetero) is 1. The van der Waals surface area contributed by atoms with Crippen molar-refractivity contribution in [3.05, 3.63) is 33.5 Å².